The monoisotopic (exact) mass is 309 g/mol. The summed E-state index contributed by atoms with van der Waals surface area (Å²) >= 11 is 0. The second-order valence-electron chi connectivity index (χ2n) is 4.26. The first-order valence-corrected chi connectivity index (χ1v) is 7.24. The van der Waals surface area contributed by atoms with Crippen molar-refractivity contribution in [2.24, 2.45) is 0 Å². The average Bonchev–Trinajstić information content (AvgIpc) is 2.40. The van der Waals surface area contributed by atoms with Crippen molar-refractivity contribution in [1.82, 2.24) is 4.98 Å². The molecule has 1 heterocycles. The molecule has 9 heteroatoms. The SMILES string of the molecule is Cc1ccc(NS(=O)(=O)c2c[nH]ccc2=O)c([N+](=O)[O-])c1. The summed E-state index contributed by atoms with van der Waals surface area (Å²) in [6.45, 7) is 1.65. The molecule has 0 aliphatic carbocycles. The van der Waals surface area contributed by atoms with Crippen LogP contribution in [0.2, 0.25) is 0 Å². The zero-order valence-electron chi connectivity index (χ0n) is 10.9. The van der Waals surface area contributed by atoms with Crippen LogP contribution < -0.4 is 10.2 Å². The molecule has 2 N–H and O–H groups in total. The highest BCUT2D eigenvalue weighted by molar-refractivity contribution is 7.92. The molecule has 0 radical (unpaired) electrons. The number of H-pyrrole nitrogens is 1. The third kappa shape index (κ3) is 3.08. The molecular formula is C12H11N3O5S. The van der Waals surface area contributed by atoms with Crippen LogP contribution in [0.3, 0.4) is 0 Å². The number of nitrogens with zero attached hydrogens (tertiary/aromatic N) is 1. The normalized spacial score (nSPS) is 11.1. The number of benzene rings is 1. The smallest absolute Gasteiger partial charge is 0.293 e. The Hall–Kier alpha value is -2.68. The number of hydrogen-bond donors (Lipinski definition) is 2. The van der Waals surface area contributed by atoms with Crippen molar-refractivity contribution >= 4 is 21.4 Å². The Morgan fingerprint density at radius 3 is 2.62 bits per heavy atom. The molecule has 0 bridgehead atoms. The molecule has 2 aromatic rings. The van der Waals surface area contributed by atoms with Gasteiger partial charge in [-0.2, -0.15) is 0 Å². The molecule has 0 amide bonds. The maximum Gasteiger partial charge on any atom is 0.293 e. The summed E-state index contributed by atoms with van der Waals surface area (Å²) in [5.41, 5.74) is -0.682. The predicted octanol–water partition coefficient (Wildman–Crippen LogP) is 1.39. The summed E-state index contributed by atoms with van der Waals surface area (Å²) in [6.07, 6.45) is 2.31. The van der Waals surface area contributed by atoms with E-state index in [1.807, 2.05) is 0 Å². The van der Waals surface area contributed by atoms with Crippen LogP contribution in [-0.2, 0) is 10.0 Å². The van der Waals surface area contributed by atoms with Gasteiger partial charge in [-0.3, -0.25) is 19.6 Å². The van der Waals surface area contributed by atoms with Gasteiger partial charge in [-0.05, 0) is 18.6 Å². The summed E-state index contributed by atoms with van der Waals surface area (Å²) in [6, 6.07) is 5.10. The topological polar surface area (TPSA) is 122 Å². The summed E-state index contributed by atoms with van der Waals surface area (Å²) < 4.78 is 26.3. The van der Waals surface area contributed by atoms with Crippen LogP contribution in [0.25, 0.3) is 0 Å². The number of pyridine rings is 1. The van der Waals surface area contributed by atoms with Crippen molar-refractivity contribution in [1.29, 1.82) is 0 Å². The number of rotatable bonds is 4. The first-order valence-electron chi connectivity index (χ1n) is 5.76. The standard InChI is InChI=1S/C12H11N3O5S/c1-8-2-3-9(10(6-8)15(17)18)14-21(19,20)12-7-13-5-4-11(12)16/h2-7,14H,1H3,(H,13,16). The molecule has 8 nitrogen and oxygen atoms in total. The Kier molecular flexibility index (Phi) is 3.76. The second kappa shape index (κ2) is 5.37. The van der Waals surface area contributed by atoms with Crippen LogP contribution in [0.1, 0.15) is 5.56 Å². The minimum Gasteiger partial charge on any atom is -0.366 e. The van der Waals surface area contributed by atoms with E-state index in [1.54, 1.807) is 6.92 Å². The third-order valence-corrected chi connectivity index (χ3v) is 4.06. The number of nitrogens with one attached hydrogen (secondary N) is 2. The van der Waals surface area contributed by atoms with Gasteiger partial charge in [0.05, 0.1) is 4.92 Å². The maximum absolute atomic E-state index is 12.1. The van der Waals surface area contributed by atoms with E-state index in [0.717, 1.165) is 12.3 Å². The molecule has 0 unspecified atom stereocenters. The van der Waals surface area contributed by atoms with Crippen LogP contribution in [0.15, 0.2) is 46.3 Å². The van der Waals surface area contributed by atoms with Crippen LogP contribution >= 0.6 is 0 Å². The molecule has 1 aromatic carbocycles. The van der Waals surface area contributed by atoms with Crippen molar-refractivity contribution in [2.75, 3.05) is 4.72 Å². The molecule has 0 fully saturated rings. The van der Waals surface area contributed by atoms with E-state index in [2.05, 4.69) is 9.71 Å². The molecule has 0 aliphatic rings. The van der Waals surface area contributed by atoms with Gasteiger partial charge in [0.1, 0.15) is 5.69 Å². The number of aromatic amines is 1. The lowest BCUT2D eigenvalue weighted by atomic mass is 10.2. The fraction of sp³-hybridized carbons (Fsp3) is 0.0833. The van der Waals surface area contributed by atoms with Crippen LogP contribution in [0, 0.1) is 17.0 Å². The predicted molar refractivity (Wildman–Crippen MR) is 75.7 cm³/mol. The Labute approximate surface area is 119 Å². The van der Waals surface area contributed by atoms with Gasteiger partial charge < -0.3 is 4.98 Å². The van der Waals surface area contributed by atoms with E-state index in [4.69, 9.17) is 0 Å². The Bertz CT molecular complexity index is 857. The van der Waals surface area contributed by atoms with E-state index < -0.39 is 25.3 Å². The van der Waals surface area contributed by atoms with E-state index in [-0.39, 0.29) is 11.4 Å². The lowest BCUT2D eigenvalue weighted by Gasteiger charge is -2.08. The highest BCUT2D eigenvalue weighted by Crippen LogP contribution is 2.27. The number of aromatic nitrogens is 1. The number of sulfonamides is 1. The molecule has 0 saturated heterocycles. The fourth-order valence-electron chi connectivity index (χ4n) is 1.69. The molecule has 110 valence electrons. The second-order valence-corrected chi connectivity index (χ2v) is 5.91. The minimum absolute atomic E-state index is 0.200. The van der Waals surface area contributed by atoms with E-state index in [0.29, 0.717) is 5.56 Å². The van der Waals surface area contributed by atoms with Crippen molar-refractivity contribution in [3.63, 3.8) is 0 Å². The summed E-state index contributed by atoms with van der Waals surface area (Å²) in [4.78, 5) is 23.8. The number of hydrogen-bond acceptors (Lipinski definition) is 5. The number of nitro benzene ring substituents is 1. The van der Waals surface area contributed by atoms with Gasteiger partial charge in [-0.25, -0.2) is 8.42 Å². The van der Waals surface area contributed by atoms with Crippen LogP contribution in [0.5, 0.6) is 0 Å². The number of anilines is 1. The van der Waals surface area contributed by atoms with Crippen molar-refractivity contribution in [3.8, 4) is 0 Å². The number of nitro groups is 1. The molecular weight excluding hydrogens is 298 g/mol. The zero-order valence-corrected chi connectivity index (χ0v) is 11.7. The fourth-order valence-corrected chi connectivity index (χ4v) is 2.82. The molecule has 1 aromatic heterocycles. The Balaban J connectivity index is 2.50. The van der Waals surface area contributed by atoms with Gasteiger partial charge in [0, 0.05) is 24.5 Å². The molecule has 21 heavy (non-hydrogen) atoms. The largest absolute Gasteiger partial charge is 0.366 e. The van der Waals surface area contributed by atoms with Gasteiger partial charge >= 0.3 is 0 Å². The highest BCUT2D eigenvalue weighted by Gasteiger charge is 2.22. The van der Waals surface area contributed by atoms with Crippen molar-refractivity contribution < 1.29 is 13.3 Å². The van der Waals surface area contributed by atoms with Gasteiger partial charge in [0.2, 0.25) is 5.43 Å². The summed E-state index contributed by atoms with van der Waals surface area (Å²) in [5, 5.41) is 11.0. The molecule has 0 atom stereocenters. The molecule has 0 spiro atoms. The van der Waals surface area contributed by atoms with Gasteiger partial charge in [-0.1, -0.05) is 6.07 Å². The highest BCUT2D eigenvalue weighted by atomic mass is 32.2. The Morgan fingerprint density at radius 1 is 1.29 bits per heavy atom. The molecule has 0 saturated carbocycles. The van der Waals surface area contributed by atoms with Gasteiger partial charge in [0.25, 0.3) is 15.7 Å². The molecule has 0 aliphatic heterocycles. The maximum atomic E-state index is 12.1. The minimum atomic E-state index is -4.21. The number of aryl methyl sites for hydroxylation is 1. The first-order chi connectivity index (χ1) is 9.81. The zero-order chi connectivity index (χ0) is 15.6. The lowest BCUT2D eigenvalue weighted by Crippen LogP contribution is -2.21. The van der Waals surface area contributed by atoms with Crippen LogP contribution in [0.4, 0.5) is 11.4 Å². The molecule has 2 rings (SSSR count). The third-order valence-electron chi connectivity index (χ3n) is 2.67. The first kappa shape index (κ1) is 14.7. The van der Waals surface area contributed by atoms with Gasteiger partial charge in [-0.15, -0.1) is 0 Å². The van der Waals surface area contributed by atoms with E-state index in [1.165, 1.54) is 24.4 Å². The quantitative estimate of drug-likeness (QED) is 0.652. The Morgan fingerprint density at radius 2 is 2.00 bits per heavy atom. The summed E-state index contributed by atoms with van der Waals surface area (Å²) in [5.74, 6) is 0. The van der Waals surface area contributed by atoms with Crippen LogP contribution in [-0.4, -0.2) is 18.3 Å². The van der Waals surface area contributed by atoms with Crippen molar-refractivity contribution in [3.05, 3.63) is 62.6 Å². The lowest BCUT2D eigenvalue weighted by molar-refractivity contribution is -0.383. The average molecular weight is 309 g/mol. The van der Waals surface area contributed by atoms with E-state index in [9.17, 15) is 23.3 Å². The van der Waals surface area contributed by atoms with E-state index >= 15 is 0 Å². The van der Waals surface area contributed by atoms with Gasteiger partial charge in [0.15, 0.2) is 4.90 Å². The van der Waals surface area contributed by atoms with Crippen molar-refractivity contribution in [2.45, 2.75) is 11.8 Å². The summed E-state index contributed by atoms with van der Waals surface area (Å²) in [7, 11) is -4.21.